The number of nitrogens with zero attached hydrogens (tertiary/aromatic N) is 1. The zero-order valence-electron chi connectivity index (χ0n) is 15.5. The predicted molar refractivity (Wildman–Crippen MR) is 106 cm³/mol. The van der Waals surface area contributed by atoms with Crippen molar-refractivity contribution in [2.75, 3.05) is 30.3 Å². The number of anilines is 1. The van der Waals surface area contributed by atoms with Gasteiger partial charge in [-0.15, -0.1) is 0 Å². The van der Waals surface area contributed by atoms with Crippen LogP contribution < -0.4 is 9.62 Å². The molecule has 1 aliphatic rings. The molecule has 1 fully saturated rings. The average Bonchev–Trinajstić information content (AvgIpc) is 3.16. The van der Waals surface area contributed by atoms with Gasteiger partial charge in [-0.3, -0.25) is 0 Å². The van der Waals surface area contributed by atoms with Gasteiger partial charge in [0.1, 0.15) is 5.82 Å². The third-order valence-electron chi connectivity index (χ3n) is 4.91. The van der Waals surface area contributed by atoms with Crippen LogP contribution in [0.2, 0.25) is 0 Å². The highest BCUT2D eigenvalue weighted by Crippen LogP contribution is 2.24. The monoisotopic (exact) mass is 426 g/mol. The van der Waals surface area contributed by atoms with Crippen LogP contribution in [-0.4, -0.2) is 42.2 Å². The Morgan fingerprint density at radius 3 is 2.21 bits per heavy atom. The first-order valence-electron chi connectivity index (χ1n) is 9.04. The minimum atomic E-state index is -3.72. The van der Waals surface area contributed by atoms with Gasteiger partial charge in [0.15, 0.2) is 9.84 Å². The second kappa shape index (κ2) is 8.18. The summed E-state index contributed by atoms with van der Waals surface area (Å²) >= 11 is 0. The molecule has 3 rings (SSSR count). The lowest BCUT2D eigenvalue weighted by atomic mass is 10.1. The molecule has 28 heavy (non-hydrogen) atoms. The molecular weight excluding hydrogens is 403 g/mol. The number of nitrogens with one attached hydrogen (secondary N) is 1. The lowest BCUT2D eigenvalue weighted by molar-refractivity contribution is 0.541. The fourth-order valence-electron chi connectivity index (χ4n) is 3.19. The van der Waals surface area contributed by atoms with Gasteiger partial charge in [-0.25, -0.2) is 25.9 Å². The second-order valence-electron chi connectivity index (χ2n) is 6.80. The van der Waals surface area contributed by atoms with Crippen LogP contribution in [0.3, 0.4) is 0 Å². The summed E-state index contributed by atoms with van der Waals surface area (Å²) in [4.78, 5) is 2.25. The van der Waals surface area contributed by atoms with Crippen LogP contribution in [-0.2, 0) is 19.9 Å². The fraction of sp³-hybridized carbons (Fsp3) is 0.368. The molecule has 9 heteroatoms. The summed E-state index contributed by atoms with van der Waals surface area (Å²) in [5.74, 6) is -0.187. The minimum absolute atomic E-state index is 0.0379. The van der Waals surface area contributed by atoms with Gasteiger partial charge in [0.25, 0.3) is 0 Å². The molecule has 152 valence electrons. The van der Waals surface area contributed by atoms with E-state index in [9.17, 15) is 21.2 Å². The maximum Gasteiger partial charge on any atom is 0.240 e. The van der Waals surface area contributed by atoms with Crippen LogP contribution in [0.4, 0.5) is 10.1 Å². The zero-order chi connectivity index (χ0) is 20.4. The first kappa shape index (κ1) is 20.8. The Morgan fingerprint density at radius 2 is 1.61 bits per heavy atom. The van der Waals surface area contributed by atoms with Crippen molar-refractivity contribution < 1.29 is 21.2 Å². The second-order valence-corrected chi connectivity index (χ2v) is 10.8. The molecule has 1 atom stereocenters. The molecule has 6 nitrogen and oxygen atoms in total. The zero-order valence-corrected chi connectivity index (χ0v) is 17.1. The van der Waals surface area contributed by atoms with Crippen LogP contribution in [0.5, 0.6) is 0 Å². The molecule has 0 spiro atoms. The van der Waals surface area contributed by atoms with Gasteiger partial charge < -0.3 is 4.90 Å². The molecule has 0 radical (unpaired) electrons. The minimum Gasteiger partial charge on any atom is -0.371 e. The molecular formula is C19H23FN2O4S2. The molecule has 0 aromatic heterocycles. The first-order chi connectivity index (χ1) is 13.2. The van der Waals surface area contributed by atoms with E-state index >= 15 is 0 Å². The molecule has 1 saturated heterocycles. The van der Waals surface area contributed by atoms with Crippen molar-refractivity contribution in [3.8, 4) is 0 Å². The van der Waals surface area contributed by atoms with Gasteiger partial charge in [-0.1, -0.05) is 6.92 Å². The number of rotatable bonds is 7. The average molecular weight is 427 g/mol. The van der Waals surface area contributed by atoms with Crippen LogP contribution in [0.15, 0.2) is 58.3 Å². The summed E-state index contributed by atoms with van der Waals surface area (Å²) < 4.78 is 64.3. The molecule has 2 aromatic carbocycles. The number of sulfone groups is 1. The third-order valence-corrected chi connectivity index (χ3v) is 8.10. The van der Waals surface area contributed by atoms with Crippen LogP contribution in [0, 0.1) is 11.7 Å². The van der Waals surface area contributed by atoms with Crippen molar-refractivity contribution in [3.05, 3.63) is 54.3 Å². The summed E-state index contributed by atoms with van der Waals surface area (Å²) in [5.41, 5.74) is 0.916. The Balaban J connectivity index is 1.60. The van der Waals surface area contributed by atoms with Crippen molar-refractivity contribution in [1.29, 1.82) is 0 Å². The van der Waals surface area contributed by atoms with Crippen molar-refractivity contribution in [3.63, 3.8) is 0 Å². The predicted octanol–water partition coefficient (Wildman–Crippen LogP) is 2.42. The van der Waals surface area contributed by atoms with E-state index in [1.54, 1.807) is 19.1 Å². The van der Waals surface area contributed by atoms with E-state index in [2.05, 4.69) is 9.62 Å². The number of benzene rings is 2. The van der Waals surface area contributed by atoms with Crippen molar-refractivity contribution in [1.82, 2.24) is 4.72 Å². The quantitative estimate of drug-likeness (QED) is 0.735. The third kappa shape index (κ3) is 4.71. The molecule has 0 amide bonds. The molecule has 0 bridgehead atoms. The molecule has 1 unspecified atom stereocenters. The number of halogens is 1. The van der Waals surface area contributed by atoms with Gasteiger partial charge in [0.05, 0.1) is 15.5 Å². The number of sulfonamides is 1. The van der Waals surface area contributed by atoms with Crippen molar-refractivity contribution >= 4 is 25.5 Å². The van der Waals surface area contributed by atoms with Gasteiger partial charge in [0, 0.05) is 25.3 Å². The van der Waals surface area contributed by atoms with E-state index in [4.69, 9.17) is 0 Å². The van der Waals surface area contributed by atoms with Crippen LogP contribution in [0.1, 0.15) is 13.3 Å². The smallest absolute Gasteiger partial charge is 0.240 e. The highest BCUT2D eigenvalue weighted by atomic mass is 32.2. The van der Waals surface area contributed by atoms with E-state index in [1.807, 2.05) is 0 Å². The van der Waals surface area contributed by atoms with Gasteiger partial charge in [-0.2, -0.15) is 0 Å². The summed E-state index contributed by atoms with van der Waals surface area (Å²) in [7, 11) is -7.08. The van der Waals surface area contributed by atoms with E-state index in [0.29, 0.717) is 6.54 Å². The molecule has 1 N–H and O–H groups in total. The molecule has 1 aliphatic heterocycles. The van der Waals surface area contributed by atoms with E-state index in [0.717, 1.165) is 18.7 Å². The molecule has 2 aromatic rings. The Bertz CT molecular complexity index is 1020. The van der Waals surface area contributed by atoms with Crippen LogP contribution >= 0.6 is 0 Å². The fourth-order valence-corrected chi connectivity index (χ4v) is 5.19. The standard InChI is InChI=1S/C19H23FN2O4S2/c1-2-27(23,24)18-7-9-19(10-8-18)28(25,26)21-13-15-11-12-22(14-15)17-5-3-16(20)4-6-17/h3-10,15,21H,2,11-14H2,1H3. The summed E-state index contributed by atoms with van der Waals surface area (Å²) in [6, 6.07) is 11.5. The topological polar surface area (TPSA) is 83.5 Å². The summed E-state index contributed by atoms with van der Waals surface area (Å²) in [6.07, 6.45) is 0.827. The maximum atomic E-state index is 13.0. The van der Waals surface area contributed by atoms with Crippen molar-refractivity contribution in [2.24, 2.45) is 5.92 Å². The molecule has 1 heterocycles. The van der Waals surface area contributed by atoms with E-state index in [1.165, 1.54) is 36.4 Å². The number of hydrogen-bond acceptors (Lipinski definition) is 5. The summed E-state index contributed by atoms with van der Waals surface area (Å²) in [6.45, 7) is 3.29. The first-order valence-corrected chi connectivity index (χ1v) is 12.2. The highest BCUT2D eigenvalue weighted by Gasteiger charge is 2.25. The lowest BCUT2D eigenvalue weighted by Crippen LogP contribution is -2.31. The van der Waals surface area contributed by atoms with Gasteiger partial charge in [0.2, 0.25) is 10.0 Å². The van der Waals surface area contributed by atoms with Gasteiger partial charge >= 0.3 is 0 Å². The van der Waals surface area contributed by atoms with Crippen LogP contribution in [0.25, 0.3) is 0 Å². The SMILES string of the molecule is CCS(=O)(=O)c1ccc(S(=O)(=O)NCC2CCN(c3ccc(F)cc3)C2)cc1. The Kier molecular flexibility index (Phi) is 6.07. The largest absolute Gasteiger partial charge is 0.371 e. The maximum absolute atomic E-state index is 13.0. The Hall–Kier alpha value is -1.97. The highest BCUT2D eigenvalue weighted by molar-refractivity contribution is 7.91. The van der Waals surface area contributed by atoms with Gasteiger partial charge in [-0.05, 0) is 60.9 Å². The lowest BCUT2D eigenvalue weighted by Gasteiger charge is -2.19. The molecule has 0 saturated carbocycles. The number of hydrogen-bond donors (Lipinski definition) is 1. The summed E-state index contributed by atoms with van der Waals surface area (Å²) in [5, 5.41) is 0. The molecule has 0 aliphatic carbocycles. The van der Waals surface area contributed by atoms with E-state index < -0.39 is 19.9 Å². The normalized spacial score (nSPS) is 17.8. The van der Waals surface area contributed by atoms with Crippen molar-refractivity contribution in [2.45, 2.75) is 23.1 Å². The Labute approximate surface area is 165 Å². The van der Waals surface area contributed by atoms with E-state index in [-0.39, 0.29) is 33.8 Å². The Morgan fingerprint density at radius 1 is 1.00 bits per heavy atom.